The number of anilines is 2. The minimum Gasteiger partial charge on any atom is -0.459 e. The number of fused-ring (bicyclic) bond motifs is 1. The molecule has 0 aliphatic heterocycles. The lowest BCUT2D eigenvalue weighted by molar-refractivity contribution is 0.555. The monoisotopic (exact) mass is 469 g/mol. The number of hydrogen-bond donors (Lipinski definition) is 0. The summed E-state index contributed by atoms with van der Waals surface area (Å²) in [5, 5.41) is 11.3. The Morgan fingerprint density at radius 3 is 2.66 bits per heavy atom. The highest BCUT2D eigenvalue weighted by molar-refractivity contribution is 9.10. The van der Waals surface area contributed by atoms with Gasteiger partial charge in [-0.2, -0.15) is 5.26 Å². The second kappa shape index (κ2) is 7.62. The van der Waals surface area contributed by atoms with Gasteiger partial charge in [-0.05, 0) is 48.9 Å². The van der Waals surface area contributed by atoms with Crippen LogP contribution in [-0.2, 0) is 6.42 Å². The smallest absolute Gasteiger partial charge is 0.191 e. The Labute approximate surface area is 180 Å². The molecule has 0 saturated carbocycles. The van der Waals surface area contributed by atoms with Crippen molar-refractivity contribution >= 4 is 49.1 Å². The Hall–Kier alpha value is -2.69. The fourth-order valence-corrected chi connectivity index (χ4v) is 4.82. The van der Waals surface area contributed by atoms with Gasteiger partial charge < -0.3 is 9.32 Å². The van der Waals surface area contributed by atoms with Crippen LogP contribution in [-0.4, -0.2) is 12.0 Å². The van der Waals surface area contributed by atoms with E-state index in [1.54, 1.807) is 12.1 Å². The zero-order valence-corrected chi connectivity index (χ0v) is 18.5. The molecule has 4 aromatic rings. The first-order valence-electron chi connectivity index (χ1n) is 9.05. The van der Waals surface area contributed by atoms with E-state index in [1.165, 1.54) is 23.5 Å². The Balaban J connectivity index is 1.87. The van der Waals surface area contributed by atoms with Crippen LogP contribution in [0.3, 0.4) is 0 Å². The van der Waals surface area contributed by atoms with Crippen molar-refractivity contribution in [1.82, 2.24) is 4.98 Å². The van der Waals surface area contributed by atoms with E-state index < -0.39 is 0 Å². The zero-order chi connectivity index (χ0) is 20.7. The highest BCUT2D eigenvalue weighted by Gasteiger charge is 2.23. The van der Waals surface area contributed by atoms with E-state index in [4.69, 9.17) is 9.40 Å². The molecule has 0 N–H and O–H groups in total. The summed E-state index contributed by atoms with van der Waals surface area (Å²) in [5.41, 5.74) is 4.11. The Morgan fingerprint density at radius 2 is 2.00 bits per heavy atom. The zero-order valence-electron chi connectivity index (χ0n) is 16.1. The molecular weight excluding hydrogens is 453 g/mol. The average molecular weight is 470 g/mol. The minimum atomic E-state index is -0.321. The standard InChI is InChI=1S/C22H17BrFN3OS/c1-4-17-20(16-10-14(23)9-12(2)21(16)28-17)27(3)22-26-19(18(11-25)29-22)13-5-7-15(24)8-6-13/h5-10H,4H2,1-3H3. The molecule has 0 spiro atoms. The van der Waals surface area contributed by atoms with Crippen molar-refractivity contribution in [2.75, 3.05) is 11.9 Å². The summed E-state index contributed by atoms with van der Waals surface area (Å²) in [7, 11) is 1.92. The van der Waals surface area contributed by atoms with Crippen molar-refractivity contribution in [1.29, 1.82) is 5.26 Å². The largest absolute Gasteiger partial charge is 0.459 e. The number of halogens is 2. The summed E-state index contributed by atoms with van der Waals surface area (Å²) in [6, 6.07) is 12.3. The molecular formula is C22H17BrFN3OS. The molecule has 4 rings (SSSR count). The van der Waals surface area contributed by atoms with Crippen molar-refractivity contribution in [2.24, 2.45) is 0 Å². The molecule has 2 heterocycles. The van der Waals surface area contributed by atoms with E-state index in [0.29, 0.717) is 21.3 Å². The number of thiazole rings is 1. The van der Waals surface area contributed by atoms with Gasteiger partial charge in [0.05, 0.1) is 5.69 Å². The predicted molar refractivity (Wildman–Crippen MR) is 118 cm³/mol. The summed E-state index contributed by atoms with van der Waals surface area (Å²) in [6.07, 6.45) is 0.729. The molecule has 0 fully saturated rings. The molecule has 7 heteroatoms. The van der Waals surface area contributed by atoms with Crippen LogP contribution in [0, 0.1) is 24.1 Å². The summed E-state index contributed by atoms with van der Waals surface area (Å²) >= 11 is 4.88. The van der Waals surface area contributed by atoms with Crippen molar-refractivity contribution in [3.8, 4) is 17.3 Å². The van der Waals surface area contributed by atoms with Gasteiger partial charge in [0.2, 0.25) is 0 Å². The number of nitriles is 1. The molecule has 29 heavy (non-hydrogen) atoms. The maximum Gasteiger partial charge on any atom is 0.191 e. The van der Waals surface area contributed by atoms with Crippen molar-refractivity contribution in [2.45, 2.75) is 20.3 Å². The maximum atomic E-state index is 13.3. The van der Waals surface area contributed by atoms with Gasteiger partial charge in [-0.15, -0.1) is 0 Å². The Bertz CT molecular complexity index is 1250. The van der Waals surface area contributed by atoms with E-state index in [-0.39, 0.29) is 5.82 Å². The number of aromatic nitrogens is 1. The molecule has 2 aromatic heterocycles. The molecule has 0 aliphatic rings. The summed E-state index contributed by atoms with van der Waals surface area (Å²) in [5.74, 6) is 0.541. The summed E-state index contributed by atoms with van der Waals surface area (Å²) in [6.45, 7) is 4.07. The molecule has 146 valence electrons. The molecule has 0 radical (unpaired) electrons. The highest BCUT2D eigenvalue weighted by atomic mass is 79.9. The molecule has 4 nitrogen and oxygen atoms in total. The molecule has 0 atom stereocenters. The third kappa shape index (κ3) is 3.43. The van der Waals surface area contributed by atoms with Crippen LogP contribution in [0.4, 0.5) is 15.2 Å². The van der Waals surface area contributed by atoms with Gasteiger partial charge in [0.25, 0.3) is 0 Å². The van der Waals surface area contributed by atoms with Crippen molar-refractivity contribution in [3.05, 3.63) is 62.9 Å². The van der Waals surface area contributed by atoms with Crippen LogP contribution in [0.1, 0.15) is 23.1 Å². The van der Waals surface area contributed by atoms with Crippen molar-refractivity contribution < 1.29 is 8.81 Å². The maximum absolute atomic E-state index is 13.3. The third-order valence-corrected chi connectivity index (χ3v) is 6.26. The Morgan fingerprint density at radius 1 is 1.28 bits per heavy atom. The van der Waals surface area contributed by atoms with E-state index in [9.17, 15) is 9.65 Å². The first-order valence-corrected chi connectivity index (χ1v) is 10.7. The second-order valence-corrected chi connectivity index (χ2v) is 8.57. The van der Waals surface area contributed by atoms with Crippen LogP contribution >= 0.6 is 27.3 Å². The fourth-order valence-electron chi connectivity index (χ4n) is 3.40. The van der Waals surface area contributed by atoms with Crippen LogP contribution in [0.5, 0.6) is 0 Å². The van der Waals surface area contributed by atoms with E-state index >= 15 is 0 Å². The van der Waals surface area contributed by atoms with Gasteiger partial charge in [0.15, 0.2) is 5.13 Å². The summed E-state index contributed by atoms with van der Waals surface area (Å²) < 4.78 is 20.4. The van der Waals surface area contributed by atoms with Gasteiger partial charge >= 0.3 is 0 Å². The van der Waals surface area contributed by atoms with E-state index in [0.717, 1.165) is 38.9 Å². The fraction of sp³-hybridized carbons (Fsp3) is 0.182. The first kappa shape index (κ1) is 19.6. The predicted octanol–water partition coefficient (Wildman–Crippen LogP) is 6.97. The van der Waals surface area contributed by atoms with E-state index in [2.05, 4.69) is 22.0 Å². The Kier molecular flexibility index (Phi) is 5.15. The SMILES string of the molecule is CCc1oc2c(C)cc(Br)cc2c1N(C)c1nc(-c2ccc(F)cc2)c(C#N)s1. The van der Waals surface area contributed by atoms with Crippen LogP contribution in [0.2, 0.25) is 0 Å². The lowest BCUT2D eigenvalue weighted by Crippen LogP contribution is -2.10. The van der Waals surface area contributed by atoms with Crippen LogP contribution in [0.15, 0.2) is 45.3 Å². The quantitative estimate of drug-likeness (QED) is 0.323. The number of benzene rings is 2. The molecule has 0 unspecified atom stereocenters. The number of hydrogen-bond acceptors (Lipinski definition) is 5. The van der Waals surface area contributed by atoms with Gasteiger partial charge in [0, 0.05) is 28.9 Å². The number of nitrogens with zero attached hydrogens (tertiary/aromatic N) is 3. The first-order chi connectivity index (χ1) is 13.9. The average Bonchev–Trinajstić information content (AvgIpc) is 3.29. The third-order valence-electron chi connectivity index (χ3n) is 4.76. The highest BCUT2D eigenvalue weighted by Crippen LogP contribution is 2.42. The topological polar surface area (TPSA) is 53.1 Å². The number of rotatable bonds is 4. The molecule has 2 aromatic carbocycles. The van der Waals surface area contributed by atoms with Gasteiger partial charge in [-0.3, -0.25) is 0 Å². The van der Waals surface area contributed by atoms with E-state index in [1.807, 2.05) is 37.9 Å². The lowest BCUT2D eigenvalue weighted by Gasteiger charge is -2.16. The molecule has 0 aliphatic carbocycles. The molecule has 0 saturated heterocycles. The van der Waals surface area contributed by atoms with Gasteiger partial charge in [0.1, 0.15) is 33.8 Å². The lowest BCUT2D eigenvalue weighted by atomic mass is 10.1. The second-order valence-electron chi connectivity index (χ2n) is 6.68. The molecule has 0 bridgehead atoms. The van der Waals surface area contributed by atoms with Crippen LogP contribution < -0.4 is 4.90 Å². The normalized spacial score (nSPS) is 11.0. The van der Waals surface area contributed by atoms with Gasteiger partial charge in [-0.25, -0.2) is 9.37 Å². The number of furan rings is 1. The van der Waals surface area contributed by atoms with Crippen LogP contribution in [0.25, 0.3) is 22.2 Å². The number of aryl methyl sites for hydroxylation is 2. The molecule has 0 amide bonds. The minimum absolute atomic E-state index is 0.321. The summed E-state index contributed by atoms with van der Waals surface area (Å²) in [4.78, 5) is 7.17. The van der Waals surface area contributed by atoms with Gasteiger partial charge in [-0.1, -0.05) is 34.2 Å². The van der Waals surface area contributed by atoms with Crippen molar-refractivity contribution in [3.63, 3.8) is 0 Å².